The Balaban J connectivity index is 0.000000763. The van der Waals surface area contributed by atoms with Crippen LogP contribution in [0.15, 0.2) is 0 Å². The van der Waals surface area contributed by atoms with Crippen molar-refractivity contribution < 1.29 is 13.0 Å². The third-order valence-corrected chi connectivity index (χ3v) is 4.17. The number of hydrogen-bond acceptors (Lipinski definition) is 3. The van der Waals surface area contributed by atoms with Gasteiger partial charge in [0.05, 0.1) is 6.26 Å². The van der Waals surface area contributed by atoms with Crippen LogP contribution in [0, 0.1) is 0 Å². The topological polar surface area (TPSA) is 57.6 Å². The number of hydrogen-bond donors (Lipinski definition) is 1. The van der Waals surface area contributed by atoms with Crippen molar-refractivity contribution in [2.75, 3.05) is 19.3 Å². The van der Waals surface area contributed by atoms with E-state index < -0.39 is 10.1 Å². The molecule has 1 N–H and O–H groups in total. The summed E-state index contributed by atoms with van der Waals surface area (Å²) in [5.41, 5.74) is 0. The van der Waals surface area contributed by atoms with Crippen LogP contribution in [0.4, 0.5) is 0 Å². The van der Waals surface area contributed by atoms with E-state index in [1.807, 2.05) is 0 Å². The maximum atomic E-state index is 9.19. The molecule has 1 saturated heterocycles. The van der Waals surface area contributed by atoms with E-state index in [1.165, 1.54) is 83.7 Å². The summed E-state index contributed by atoms with van der Waals surface area (Å²) in [5.74, 6) is 0. The quantitative estimate of drug-likeness (QED) is 0.497. The lowest BCUT2D eigenvalue weighted by Crippen LogP contribution is -2.39. The Bertz CT molecular complexity index is 334. The van der Waals surface area contributed by atoms with Crippen LogP contribution in [-0.4, -0.2) is 43.3 Å². The van der Waals surface area contributed by atoms with Crippen molar-refractivity contribution in [2.45, 2.75) is 90.5 Å². The van der Waals surface area contributed by atoms with Crippen molar-refractivity contribution in [2.24, 2.45) is 0 Å². The van der Waals surface area contributed by atoms with Gasteiger partial charge < -0.3 is 4.90 Å². The predicted octanol–water partition coefficient (Wildman–Crippen LogP) is 4.51. The molecular weight excluding hydrogens is 298 g/mol. The number of unbranched alkanes of at least 4 members (excludes halogenated alkanes) is 5. The fourth-order valence-corrected chi connectivity index (χ4v) is 3.11. The molecule has 4 nitrogen and oxygen atoms in total. The fraction of sp³-hybridized carbons (Fsp3) is 1.00. The van der Waals surface area contributed by atoms with Crippen LogP contribution < -0.4 is 0 Å². The molecule has 0 aromatic heterocycles. The van der Waals surface area contributed by atoms with E-state index in [4.69, 9.17) is 4.55 Å². The summed E-state index contributed by atoms with van der Waals surface area (Å²) in [6.45, 7) is 7.37. The summed E-state index contributed by atoms with van der Waals surface area (Å²) in [7, 11) is -3.67. The van der Waals surface area contributed by atoms with Gasteiger partial charge in [0.25, 0.3) is 10.1 Å². The molecule has 0 amide bonds. The first-order valence-corrected chi connectivity index (χ1v) is 10.9. The zero-order valence-electron chi connectivity index (χ0n) is 14.9. The number of rotatable bonds is 9. The molecule has 0 aromatic rings. The Morgan fingerprint density at radius 2 is 1.59 bits per heavy atom. The summed E-state index contributed by atoms with van der Waals surface area (Å²) in [4.78, 5) is 2.78. The minimum absolute atomic E-state index is 0.715. The molecule has 1 unspecified atom stereocenters. The maximum absolute atomic E-state index is 9.19. The highest BCUT2D eigenvalue weighted by Gasteiger charge is 2.20. The Hall–Kier alpha value is -0.130. The monoisotopic (exact) mass is 335 g/mol. The van der Waals surface area contributed by atoms with Crippen LogP contribution in [-0.2, 0) is 10.1 Å². The van der Waals surface area contributed by atoms with Gasteiger partial charge in [-0.2, -0.15) is 8.42 Å². The highest BCUT2D eigenvalue weighted by molar-refractivity contribution is 7.85. The van der Waals surface area contributed by atoms with Gasteiger partial charge >= 0.3 is 0 Å². The second-order valence-electron chi connectivity index (χ2n) is 6.48. The number of nitrogens with zero attached hydrogens (tertiary/aromatic N) is 1. The number of piperidine rings is 1. The minimum Gasteiger partial charge on any atom is -0.300 e. The van der Waals surface area contributed by atoms with E-state index >= 15 is 0 Å². The van der Waals surface area contributed by atoms with Crippen LogP contribution in [0.5, 0.6) is 0 Å². The molecule has 0 radical (unpaired) electrons. The summed E-state index contributed by atoms with van der Waals surface area (Å²) < 4.78 is 25.9. The highest BCUT2D eigenvalue weighted by Crippen LogP contribution is 2.21. The molecule has 5 heteroatoms. The standard InChI is InChI=1S/C16H33N.CH4O3S/c1-3-5-6-7-8-10-14-17-15-11-9-13-16(17)12-4-2;1-5(2,3)4/h16H,3-15H2,1-2H3;1H3,(H,2,3,4). The molecule has 22 heavy (non-hydrogen) atoms. The van der Waals surface area contributed by atoms with Crippen LogP contribution >= 0.6 is 0 Å². The third-order valence-electron chi connectivity index (χ3n) is 4.17. The van der Waals surface area contributed by atoms with E-state index in [2.05, 4.69) is 18.7 Å². The van der Waals surface area contributed by atoms with E-state index in [0.717, 1.165) is 6.04 Å². The molecule has 0 aliphatic carbocycles. The maximum Gasteiger partial charge on any atom is 0.261 e. The molecule has 1 fully saturated rings. The molecule has 134 valence electrons. The van der Waals surface area contributed by atoms with Crippen LogP contribution in [0.2, 0.25) is 0 Å². The summed E-state index contributed by atoms with van der Waals surface area (Å²) >= 11 is 0. The lowest BCUT2D eigenvalue weighted by atomic mass is 9.98. The normalized spacial score (nSPS) is 19.5. The van der Waals surface area contributed by atoms with Crippen molar-refractivity contribution >= 4 is 10.1 Å². The average Bonchev–Trinajstić information content (AvgIpc) is 2.43. The summed E-state index contributed by atoms with van der Waals surface area (Å²) in [5, 5.41) is 0. The van der Waals surface area contributed by atoms with E-state index in [-0.39, 0.29) is 0 Å². The molecule has 1 aliphatic rings. The zero-order chi connectivity index (χ0) is 16.8. The third kappa shape index (κ3) is 14.8. The molecule has 1 rings (SSSR count). The first-order chi connectivity index (χ1) is 10.4. The van der Waals surface area contributed by atoms with Gasteiger partial charge in [-0.05, 0) is 38.8 Å². The van der Waals surface area contributed by atoms with Crippen molar-refractivity contribution in [3.05, 3.63) is 0 Å². The summed E-state index contributed by atoms with van der Waals surface area (Å²) in [6.07, 6.45) is 16.5. The van der Waals surface area contributed by atoms with Gasteiger partial charge in [0.15, 0.2) is 0 Å². The second-order valence-corrected chi connectivity index (χ2v) is 7.94. The molecule has 1 heterocycles. The van der Waals surface area contributed by atoms with Crippen LogP contribution in [0.1, 0.15) is 84.5 Å². The second kappa shape index (κ2) is 13.3. The van der Waals surface area contributed by atoms with Crippen molar-refractivity contribution in [1.29, 1.82) is 0 Å². The van der Waals surface area contributed by atoms with E-state index in [9.17, 15) is 8.42 Å². The molecule has 1 atom stereocenters. The molecule has 0 spiro atoms. The Morgan fingerprint density at radius 1 is 1.00 bits per heavy atom. The van der Waals surface area contributed by atoms with Gasteiger partial charge in [-0.3, -0.25) is 4.55 Å². The molecular formula is C17H37NO3S. The van der Waals surface area contributed by atoms with Gasteiger partial charge in [0, 0.05) is 6.04 Å². The van der Waals surface area contributed by atoms with Gasteiger partial charge in [-0.15, -0.1) is 0 Å². The van der Waals surface area contributed by atoms with Gasteiger partial charge in [0.1, 0.15) is 0 Å². The molecule has 0 saturated carbocycles. The average molecular weight is 336 g/mol. The largest absolute Gasteiger partial charge is 0.300 e. The first-order valence-electron chi connectivity index (χ1n) is 9.05. The Kier molecular flexibility index (Phi) is 13.2. The lowest BCUT2D eigenvalue weighted by molar-refractivity contribution is 0.137. The van der Waals surface area contributed by atoms with Crippen molar-refractivity contribution in [3.8, 4) is 0 Å². The lowest BCUT2D eigenvalue weighted by Gasteiger charge is -2.35. The van der Waals surface area contributed by atoms with Crippen LogP contribution in [0.3, 0.4) is 0 Å². The van der Waals surface area contributed by atoms with Crippen LogP contribution in [0.25, 0.3) is 0 Å². The molecule has 1 aliphatic heterocycles. The van der Waals surface area contributed by atoms with Crippen molar-refractivity contribution in [3.63, 3.8) is 0 Å². The first kappa shape index (κ1) is 21.9. The zero-order valence-corrected chi connectivity index (χ0v) is 15.7. The minimum atomic E-state index is -3.67. The van der Waals surface area contributed by atoms with Gasteiger partial charge in [-0.25, -0.2) is 0 Å². The SMILES string of the molecule is CCCCCCCCN1CCCCC1CCC.CS(=O)(=O)O. The molecule has 0 aromatic carbocycles. The Morgan fingerprint density at radius 3 is 2.18 bits per heavy atom. The summed E-state index contributed by atoms with van der Waals surface area (Å²) in [6, 6.07) is 0.921. The fourth-order valence-electron chi connectivity index (χ4n) is 3.11. The molecule has 0 bridgehead atoms. The van der Waals surface area contributed by atoms with Crippen molar-refractivity contribution in [1.82, 2.24) is 4.90 Å². The highest BCUT2D eigenvalue weighted by atomic mass is 32.2. The predicted molar refractivity (Wildman–Crippen MR) is 95.0 cm³/mol. The smallest absolute Gasteiger partial charge is 0.261 e. The van der Waals surface area contributed by atoms with Gasteiger partial charge in [0.2, 0.25) is 0 Å². The van der Waals surface area contributed by atoms with E-state index in [0.29, 0.717) is 6.26 Å². The van der Waals surface area contributed by atoms with E-state index in [1.54, 1.807) is 0 Å². The van der Waals surface area contributed by atoms with Gasteiger partial charge in [-0.1, -0.05) is 58.8 Å². The number of likely N-dealkylation sites (tertiary alicyclic amines) is 1. The Labute approximate surface area is 138 Å².